The minimum Gasteiger partial charge on any atom is -0.388 e. The van der Waals surface area contributed by atoms with Crippen LogP contribution in [0.15, 0.2) is 24.3 Å². The van der Waals surface area contributed by atoms with Crippen LogP contribution in [0.25, 0.3) is 0 Å². The van der Waals surface area contributed by atoms with E-state index in [0.717, 1.165) is 0 Å². The minimum atomic E-state index is -4.14. The van der Waals surface area contributed by atoms with Crippen molar-refractivity contribution in [1.82, 2.24) is 4.90 Å². The summed E-state index contributed by atoms with van der Waals surface area (Å²) in [6.07, 6.45) is -5.27. The molecule has 0 aliphatic carbocycles. The molecule has 0 heterocycles. The number of rotatable bonds is 6. The number of hydrogen-bond donors (Lipinski definition) is 1. The van der Waals surface area contributed by atoms with Gasteiger partial charge in [-0.3, -0.25) is 0 Å². The first kappa shape index (κ1) is 16.3. The third kappa shape index (κ3) is 6.80. The van der Waals surface area contributed by atoms with E-state index in [4.69, 9.17) is 11.6 Å². The summed E-state index contributed by atoms with van der Waals surface area (Å²) < 4.78 is 36.1. The van der Waals surface area contributed by atoms with Gasteiger partial charge in [0.1, 0.15) is 0 Å². The number of nitrogens with zero attached hydrogens (tertiary/aromatic N) is 1. The predicted molar refractivity (Wildman–Crippen MR) is 69.2 cm³/mol. The molecule has 0 spiro atoms. The average Bonchev–Trinajstić information content (AvgIpc) is 2.33. The van der Waals surface area contributed by atoms with Gasteiger partial charge in [-0.2, -0.15) is 13.2 Å². The molecule has 2 nitrogen and oxygen atoms in total. The number of halogens is 4. The maximum absolute atomic E-state index is 12.0. The zero-order chi connectivity index (χ0) is 14.5. The lowest BCUT2D eigenvalue weighted by molar-refractivity contribution is -0.137. The Morgan fingerprint density at radius 2 is 1.79 bits per heavy atom. The minimum absolute atomic E-state index is 0.0587. The lowest BCUT2D eigenvalue weighted by atomic mass is 10.1. The number of benzene rings is 1. The third-order valence-electron chi connectivity index (χ3n) is 2.82. The molecule has 0 bridgehead atoms. The lowest BCUT2D eigenvalue weighted by Gasteiger charge is -2.19. The summed E-state index contributed by atoms with van der Waals surface area (Å²) in [6, 6.07) is 6.77. The van der Waals surface area contributed by atoms with Crippen molar-refractivity contribution < 1.29 is 18.3 Å². The van der Waals surface area contributed by atoms with Gasteiger partial charge in [-0.05, 0) is 31.2 Å². The molecule has 1 N–H and O–H groups in total. The first-order chi connectivity index (χ1) is 8.78. The van der Waals surface area contributed by atoms with E-state index in [-0.39, 0.29) is 6.54 Å². The van der Waals surface area contributed by atoms with Gasteiger partial charge in [-0.15, -0.1) is 0 Å². The number of hydrogen-bond acceptors (Lipinski definition) is 2. The van der Waals surface area contributed by atoms with Gasteiger partial charge in [0.25, 0.3) is 0 Å². The Morgan fingerprint density at radius 1 is 1.21 bits per heavy atom. The Balaban J connectivity index is 2.33. The SMILES string of the molecule is CN(CCC(O)c1ccc(Cl)cc1)CCC(F)(F)F. The first-order valence-corrected chi connectivity index (χ1v) is 6.34. The van der Waals surface area contributed by atoms with E-state index in [1.807, 2.05) is 0 Å². The van der Waals surface area contributed by atoms with Crippen molar-refractivity contribution in [3.05, 3.63) is 34.9 Å². The Kier molecular flexibility index (Phi) is 6.10. The summed E-state index contributed by atoms with van der Waals surface area (Å²) in [4.78, 5) is 1.56. The highest BCUT2D eigenvalue weighted by Gasteiger charge is 2.27. The van der Waals surface area contributed by atoms with Crippen LogP contribution in [0.3, 0.4) is 0 Å². The highest BCUT2D eigenvalue weighted by Crippen LogP contribution is 2.21. The maximum Gasteiger partial charge on any atom is 0.390 e. The van der Waals surface area contributed by atoms with Gasteiger partial charge in [-0.25, -0.2) is 0 Å². The topological polar surface area (TPSA) is 23.5 Å². The molecule has 0 aliphatic rings. The molecule has 6 heteroatoms. The molecular formula is C13H17ClF3NO. The molecule has 0 saturated heterocycles. The summed E-state index contributed by atoms with van der Waals surface area (Å²) in [5.41, 5.74) is 0.716. The molecule has 108 valence electrons. The predicted octanol–water partition coefficient (Wildman–Crippen LogP) is 3.65. The van der Waals surface area contributed by atoms with Gasteiger partial charge < -0.3 is 10.0 Å². The van der Waals surface area contributed by atoms with Crippen LogP contribution in [0, 0.1) is 0 Å². The second-order valence-corrected chi connectivity index (χ2v) is 4.96. The van der Waals surface area contributed by atoms with Crippen LogP contribution >= 0.6 is 11.6 Å². The third-order valence-corrected chi connectivity index (χ3v) is 3.07. The fraction of sp³-hybridized carbons (Fsp3) is 0.538. The normalized spacial score (nSPS) is 13.8. The Labute approximate surface area is 115 Å². The lowest BCUT2D eigenvalue weighted by Crippen LogP contribution is -2.26. The van der Waals surface area contributed by atoms with Crippen molar-refractivity contribution >= 4 is 11.6 Å². The number of aliphatic hydroxyl groups is 1. The standard InChI is InChI=1S/C13H17ClF3NO/c1-18(9-7-13(15,16)17)8-6-12(19)10-2-4-11(14)5-3-10/h2-5,12,19H,6-9H2,1H3. The van der Waals surface area contributed by atoms with Crippen LogP contribution in [0.4, 0.5) is 13.2 Å². The summed E-state index contributed by atoms with van der Waals surface area (Å²) in [5.74, 6) is 0. The van der Waals surface area contributed by atoms with E-state index < -0.39 is 18.7 Å². The van der Waals surface area contributed by atoms with Crippen molar-refractivity contribution in [2.75, 3.05) is 20.1 Å². The van der Waals surface area contributed by atoms with Crippen molar-refractivity contribution in [2.24, 2.45) is 0 Å². The summed E-state index contributed by atoms with van der Waals surface area (Å²) in [5, 5.41) is 10.5. The quantitative estimate of drug-likeness (QED) is 0.866. The van der Waals surface area contributed by atoms with Crippen LogP contribution in [0.2, 0.25) is 5.02 Å². The molecule has 1 aromatic carbocycles. The van der Waals surface area contributed by atoms with Crippen LogP contribution in [-0.4, -0.2) is 36.3 Å². The first-order valence-electron chi connectivity index (χ1n) is 5.97. The summed E-state index contributed by atoms with van der Waals surface area (Å²) in [7, 11) is 1.61. The Hall–Kier alpha value is -0.780. The number of aliphatic hydroxyl groups excluding tert-OH is 1. The molecule has 1 atom stereocenters. The summed E-state index contributed by atoms with van der Waals surface area (Å²) >= 11 is 5.73. The number of alkyl halides is 3. The molecule has 0 aliphatic heterocycles. The van der Waals surface area contributed by atoms with Gasteiger partial charge in [-0.1, -0.05) is 23.7 Å². The highest BCUT2D eigenvalue weighted by atomic mass is 35.5. The monoisotopic (exact) mass is 295 g/mol. The fourth-order valence-electron chi connectivity index (χ4n) is 1.62. The molecule has 0 amide bonds. The van der Waals surface area contributed by atoms with Crippen LogP contribution < -0.4 is 0 Å². The Morgan fingerprint density at radius 3 is 2.32 bits per heavy atom. The fourth-order valence-corrected chi connectivity index (χ4v) is 1.75. The van der Waals surface area contributed by atoms with Gasteiger partial charge in [0.05, 0.1) is 12.5 Å². The van der Waals surface area contributed by atoms with E-state index >= 15 is 0 Å². The molecule has 19 heavy (non-hydrogen) atoms. The van der Waals surface area contributed by atoms with Crippen molar-refractivity contribution in [1.29, 1.82) is 0 Å². The molecule has 1 rings (SSSR count). The molecule has 0 fully saturated rings. The zero-order valence-electron chi connectivity index (χ0n) is 10.6. The Bertz CT molecular complexity index is 380. The molecule has 0 radical (unpaired) electrons. The van der Waals surface area contributed by atoms with Crippen molar-refractivity contribution in [3.8, 4) is 0 Å². The second kappa shape index (κ2) is 7.12. The maximum atomic E-state index is 12.0. The van der Waals surface area contributed by atoms with Gasteiger partial charge in [0.15, 0.2) is 0 Å². The van der Waals surface area contributed by atoms with Crippen molar-refractivity contribution in [3.63, 3.8) is 0 Å². The highest BCUT2D eigenvalue weighted by molar-refractivity contribution is 6.30. The molecule has 0 saturated carbocycles. The van der Waals surface area contributed by atoms with Crippen LogP contribution in [0.1, 0.15) is 24.5 Å². The van der Waals surface area contributed by atoms with E-state index in [0.29, 0.717) is 23.6 Å². The van der Waals surface area contributed by atoms with Crippen LogP contribution in [0.5, 0.6) is 0 Å². The summed E-state index contributed by atoms with van der Waals surface area (Å²) in [6.45, 7) is 0.344. The van der Waals surface area contributed by atoms with E-state index in [9.17, 15) is 18.3 Å². The molecular weight excluding hydrogens is 279 g/mol. The van der Waals surface area contributed by atoms with Crippen molar-refractivity contribution in [2.45, 2.75) is 25.1 Å². The molecule has 1 aromatic rings. The molecule has 0 aromatic heterocycles. The van der Waals surface area contributed by atoms with Gasteiger partial charge in [0.2, 0.25) is 0 Å². The van der Waals surface area contributed by atoms with Crippen LogP contribution in [-0.2, 0) is 0 Å². The smallest absolute Gasteiger partial charge is 0.388 e. The van der Waals surface area contributed by atoms with E-state index in [1.165, 1.54) is 0 Å². The molecule has 1 unspecified atom stereocenters. The van der Waals surface area contributed by atoms with E-state index in [1.54, 1.807) is 36.2 Å². The van der Waals surface area contributed by atoms with E-state index in [2.05, 4.69) is 0 Å². The van der Waals surface area contributed by atoms with Gasteiger partial charge >= 0.3 is 6.18 Å². The van der Waals surface area contributed by atoms with Gasteiger partial charge in [0, 0.05) is 18.1 Å². The second-order valence-electron chi connectivity index (χ2n) is 4.52. The largest absolute Gasteiger partial charge is 0.390 e. The average molecular weight is 296 g/mol. The zero-order valence-corrected chi connectivity index (χ0v) is 11.4.